The molecule has 0 fully saturated rings. The van der Waals surface area contributed by atoms with E-state index in [2.05, 4.69) is 22.2 Å². The average molecular weight is 362 g/mol. The minimum absolute atomic E-state index is 0.134. The van der Waals surface area contributed by atoms with Crippen LogP contribution in [0.15, 0.2) is 28.1 Å². The number of aryl methyl sites for hydroxylation is 1. The van der Waals surface area contributed by atoms with E-state index in [0.29, 0.717) is 23.8 Å². The van der Waals surface area contributed by atoms with E-state index in [4.69, 9.17) is 21.7 Å². The number of hydrogen-bond acceptors (Lipinski definition) is 6. The monoisotopic (exact) mass is 362 g/mol. The fourth-order valence-electron chi connectivity index (χ4n) is 2.12. The molecule has 0 radical (unpaired) electrons. The SMILES string of the molecule is CCCCCOc1ccc(C=Nn2c(=S)[nH]nc(C)c2=O)cc1OC. The van der Waals surface area contributed by atoms with Gasteiger partial charge in [-0.05, 0) is 49.3 Å². The molecule has 1 aromatic carbocycles. The number of unbranched alkanes of at least 4 members (excludes halogenated alkanes) is 2. The van der Waals surface area contributed by atoms with Crippen molar-refractivity contribution in [3.05, 3.63) is 44.6 Å². The lowest BCUT2D eigenvalue weighted by Gasteiger charge is -2.11. The molecular weight excluding hydrogens is 340 g/mol. The van der Waals surface area contributed by atoms with E-state index in [1.165, 1.54) is 6.21 Å². The van der Waals surface area contributed by atoms with E-state index in [0.717, 1.165) is 29.5 Å². The first-order valence-electron chi connectivity index (χ1n) is 8.10. The standard InChI is InChI=1S/C17H22N4O3S/c1-4-5-6-9-24-14-8-7-13(10-15(14)23-3)11-18-21-16(22)12(2)19-20-17(21)25/h7-8,10-11H,4-6,9H2,1-3H3,(H,20,25). The van der Waals surface area contributed by atoms with Gasteiger partial charge in [-0.2, -0.15) is 14.9 Å². The van der Waals surface area contributed by atoms with Gasteiger partial charge in [0.2, 0.25) is 4.77 Å². The number of ether oxygens (including phenoxy) is 2. The van der Waals surface area contributed by atoms with Gasteiger partial charge in [-0.15, -0.1) is 0 Å². The van der Waals surface area contributed by atoms with Gasteiger partial charge in [-0.1, -0.05) is 19.8 Å². The van der Waals surface area contributed by atoms with Crippen molar-refractivity contribution in [1.82, 2.24) is 14.9 Å². The Labute approximate surface area is 151 Å². The molecule has 25 heavy (non-hydrogen) atoms. The van der Waals surface area contributed by atoms with Gasteiger partial charge in [-0.25, -0.2) is 0 Å². The Bertz CT molecular complexity index is 858. The summed E-state index contributed by atoms with van der Waals surface area (Å²) in [6, 6.07) is 5.46. The minimum atomic E-state index is -0.358. The second-order valence-electron chi connectivity index (χ2n) is 5.44. The summed E-state index contributed by atoms with van der Waals surface area (Å²) in [4.78, 5) is 12.0. The summed E-state index contributed by atoms with van der Waals surface area (Å²) in [7, 11) is 1.59. The van der Waals surface area contributed by atoms with Crippen molar-refractivity contribution in [3.8, 4) is 11.5 Å². The van der Waals surface area contributed by atoms with Gasteiger partial charge in [0.15, 0.2) is 11.5 Å². The summed E-state index contributed by atoms with van der Waals surface area (Å²) in [6.07, 6.45) is 4.82. The molecular formula is C17H22N4O3S. The van der Waals surface area contributed by atoms with Crippen LogP contribution in [0.2, 0.25) is 0 Å². The van der Waals surface area contributed by atoms with Crippen LogP contribution in [0.5, 0.6) is 11.5 Å². The molecule has 8 heteroatoms. The number of nitrogens with zero attached hydrogens (tertiary/aromatic N) is 3. The number of benzene rings is 1. The first kappa shape index (κ1) is 18.9. The van der Waals surface area contributed by atoms with Gasteiger partial charge >= 0.3 is 0 Å². The number of hydrogen-bond donors (Lipinski definition) is 1. The van der Waals surface area contributed by atoms with Crippen LogP contribution in [0.25, 0.3) is 0 Å². The Hall–Kier alpha value is -2.48. The summed E-state index contributed by atoms with van der Waals surface area (Å²) in [5.41, 5.74) is 0.690. The van der Waals surface area contributed by atoms with Gasteiger partial charge in [0, 0.05) is 0 Å². The summed E-state index contributed by atoms with van der Waals surface area (Å²) in [6.45, 7) is 4.39. The van der Waals surface area contributed by atoms with E-state index >= 15 is 0 Å². The van der Waals surface area contributed by atoms with Gasteiger partial charge in [0.1, 0.15) is 5.69 Å². The molecule has 1 heterocycles. The van der Waals surface area contributed by atoms with Crippen LogP contribution in [-0.2, 0) is 0 Å². The molecule has 0 unspecified atom stereocenters. The van der Waals surface area contributed by atoms with Crippen LogP contribution in [0, 0.1) is 11.7 Å². The van der Waals surface area contributed by atoms with Crippen LogP contribution in [0.4, 0.5) is 0 Å². The van der Waals surface area contributed by atoms with Crippen LogP contribution in [0.1, 0.15) is 37.4 Å². The fourth-order valence-corrected chi connectivity index (χ4v) is 2.30. The third kappa shape index (κ3) is 4.99. The molecule has 0 aliphatic rings. The Morgan fingerprint density at radius 2 is 2.16 bits per heavy atom. The molecule has 0 spiro atoms. The number of rotatable bonds is 8. The fraction of sp³-hybridized carbons (Fsp3) is 0.412. The molecule has 0 aliphatic carbocycles. The van der Waals surface area contributed by atoms with Crippen molar-refractivity contribution in [3.63, 3.8) is 0 Å². The summed E-state index contributed by atoms with van der Waals surface area (Å²) < 4.78 is 12.3. The Morgan fingerprint density at radius 1 is 1.36 bits per heavy atom. The maximum absolute atomic E-state index is 12.0. The van der Waals surface area contributed by atoms with E-state index in [-0.39, 0.29) is 10.3 Å². The molecule has 134 valence electrons. The second kappa shape index (κ2) is 9.12. The molecule has 1 aromatic heterocycles. The van der Waals surface area contributed by atoms with Crippen molar-refractivity contribution >= 4 is 18.4 Å². The number of nitrogens with one attached hydrogen (secondary N) is 1. The van der Waals surface area contributed by atoms with Gasteiger partial charge in [0.05, 0.1) is 19.9 Å². The maximum atomic E-state index is 12.0. The highest BCUT2D eigenvalue weighted by Crippen LogP contribution is 2.27. The molecule has 2 aromatic rings. The second-order valence-corrected chi connectivity index (χ2v) is 5.83. The number of H-pyrrole nitrogens is 1. The Morgan fingerprint density at radius 3 is 2.88 bits per heavy atom. The highest BCUT2D eigenvalue weighted by Gasteiger charge is 2.06. The van der Waals surface area contributed by atoms with Crippen molar-refractivity contribution in [2.45, 2.75) is 33.1 Å². The smallest absolute Gasteiger partial charge is 0.296 e. The van der Waals surface area contributed by atoms with Gasteiger partial charge in [0.25, 0.3) is 5.56 Å². The lowest BCUT2D eigenvalue weighted by atomic mass is 10.2. The number of methoxy groups -OCH3 is 1. The zero-order chi connectivity index (χ0) is 18.2. The third-order valence-corrected chi connectivity index (χ3v) is 3.79. The molecule has 0 amide bonds. The average Bonchev–Trinajstić information content (AvgIpc) is 2.62. The molecule has 0 atom stereocenters. The Kier molecular flexibility index (Phi) is 6.88. The largest absolute Gasteiger partial charge is 0.493 e. The molecule has 0 aliphatic heterocycles. The van der Waals surface area contributed by atoms with Crippen LogP contribution in [-0.4, -0.2) is 34.8 Å². The van der Waals surface area contributed by atoms with Crippen LogP contribution >= 0.6 is 12.2 Å². The summed E-state index contributed by atoms with van der Waals surface area (Å²) in [5, 5.41) is 10.5. The first-order valence-corrected chi connectivity index (χ1v) is 8.51. The normalized spacial score (nSPS) is 11.0. The number of aromatic amines is 1. The van der Waals surface area contributed by atoms with E-state index in [9.17, 15) is 4.79 Å². The molecule has 1 N–H and O–H groups in total. The predicted molar refractivity (Wildman–Crippen MR) is 99.4 cm³/mol. The predicted octanol–water partition coefficient (Wildman–Crippen LogP) is 3.07. The molecule has 0 saturated heterocycles. The van der Waals surface area contributed by atoms with Crippen molar-refractivity contribution in [2.75, 3.05) is 13.7 Å². The van der Waals surface area contributed by atoms with Crippen LogP contribution in [0.3, 0.4) is 0 Å². The molecule has 0 saturated carbocycles. The van der Waals surface area contributed by atoms with Gasteiger partial charge in [-0.3, -0.25) is 9.89 Å². The highest BCUT2D eigenvalue weighted by atomic mass is 32.1. The van der Waals surface area contributed by atoms with Gasteiger partial charge < -0.3 is 9.47 Å². The lowest BCUT2D eigenvalue weighted by molar-refractivity contribution is 0.286. The maximum Gasteiger partial charge on any atom is 0.296 e. The van der Waals surface area contributed by atoms with E-state index in [1.54, 1.807) is 20.1 Å². The van der Waals surface area contributed by atoms with E-state index in [1.807, 2.05) is 12.1 Å². The zero-order valence-electron chi connectivity index (χ0n) is 14.6. The van der Waals surface area contributed by atoms with Crippen molar-refractivity contribution in [1.29, 1.82) is 0 Å². The molecule has 0 bridgehead atoms. The number of aromatic nitrogens is 3. The topological polar surface area (TPSA) is 81.5 Å². The van der Waals surface area contributed by atoms with Crippen LogP contribution < -0.4 is 15.0 Å². The minimum Gasteiger partial charge on any atom is -0.493 e. The molecule has 2 rings (SSSR count). The molecule has 7 nitrogen and oxygen atoms in total. The summed E-state index contributed by atoms with van der Waals surface area (Å²) in [5.74, 6) is 1.30. The first-order chi connectivity index (χ1) is 12.1. The highest BCUT2D eigenvalue weighted by molar-refractivity contribution is 7.71. The lowest BCUT2D eigenvalue weighted by Crippen LogP contribution is -2.22. The van der Waals surface area contributed by atoms with Crippen molar-refractivity contribution in [2.24, 2.45) is 5.10 Å². The Balaban J connectivity index is 2.20. The third-order valence-electron chi connectivity index (χ3n) is 3.53. The van der Waals surface area contributed by atoms with E-state index < -0.39 is 0 Å². The summed E-state index contributed by atoms with van der Waals surface area (Å²) >= 11 is 5.04. The zero-order valence-corrected chi connectivity index (χ0v) is 15.4. The quantitative estimate of drug-likeness (QED) is 0.443. The van der Waals surface area contributed by atoms with Crippen molar-refractivity contribution < 1.29 is 9.47 Å².